The number of hydrogen-bond donors (Lipinski definition) is 3. The van der Waals surface area contributed by atoms with Crippen LogP contribution in [0, 0.1) is 5.82 Å². The molecule has 0 saturated heterocycles. The molecule has 2 rings (SSSR count). The van der Waals surface area contributed by atoms with Crippen LogP contribution in [0.3, 0.4) is 0 Å². The van der Waals surface area contributed by atoms with E-state index in [-0.39, 0.29) is 17.6 Å². The van der Waals surface area contributed by atoms with Gasteiger partial charge in [0.15, 0.2) is 0 Å². The molecule has 1 aliphatic heterocycles. The fraction of sp³-hybridized carbons (Fsp3) is 0.429. The van der Waals surface area contributed by atoms with Crippen molar-refractivity contribution in [3.63, 3.8) is 0 Å². The van der Waals surface area contributed by atoms with Gasteiger partial charge in [-0.1, -0.05) is 6.92 Å². The van der Waals surface area contributed by atoms with Crippen LogP contribution >= 0.6 is 0 Å². The molecule has 1 aromatic rings. The Hall–Kier alpha value is -2.11. The molecule has 0 saturated carbocycles. The van der Waals surface area contributed by atoms with Crippen LogP contribution in [-0.4, -0.2) is 18.0 Å². The predicted octanol–water partition coefficient (Wildman–Crippen LogP) is 2.63. The molecule has 0 spiro atoms. The lowest BCUT2D eigenvalue weighted by Gasteiger charge is -2.19. The van der Waals surface area contributed by atoms with Crippen LogP contribution < -0.4 is 16.0 Å². The SMILES string of the molecule is CC[C@@H](C)NC(=O)Nc1cc2c(cc1F)NC(=O)CC2. The first-order valence-electron chi connectivity index (χ1n) is 6.69. The molecule has 1 atom stereocenters. The van der Waals surface area contributed by atoms with Crippen molar-refractivity contribution in [3.05, 3.63) is 23.5 Å². The number of nitrogens with one attached hydrogen (secondary N) is 3. The number of benzene rings is 1. The summed E-state index contributed by atoms with van der Waals surface area (Å²) in [5.41, 5.74) is 1.43. The molecule has 1 aliphatic rings. The molecule has 3 N–H and O–H groups in total. The Bertz CT molecular complexity index is 545. The Morgan fingerprint density at radius 1 is 1.45 bits per heavy atom. The summed E-state index contributed by atoms with van der Waals surface area (Å²) in [6.45, 7) is 3.82. The molecule has 0 aliphatic carbocycles. The second kappa shape index (κ2) is 5.90. The van der Waals surface area contributed by atoms with Crippen molar-refractivity contribution in [1.82, 2.24) is 5.32 Å². The molecule has 0 aromatic heterocycles. The largest absolute Gasteiger partial charge is 0.335 e. The van der Waals surface area contributed by atoms with E-state index in [9.17, 15) is 14.0 Å². The number of urea groups is 1. The molecule has 5 nitrogen and oxygen atoms in total. The second-order valence-corrected chi connectivity index (χ2v) is 4.95. The van der Waals surface area contributed by atoms with Gasteiger partial charge in [0, 0.05) is 18.2 Å². The van der Waals surface area contributed by atoms with Crippen molar-refractivity contribution in [1.29, 1.82) is 0 Å². The van der Waals surface area contributed by atoms with E-state index in [2.05, 4.69) is 16.0 Å². The molecule has 1 aromatic carbocycles. The minimum absolute atomic E-state index is 0.0231. The molecular formula is C14H18FN3O2. The van der Waals surface area contributed by atoms with Crippen LogP contribution in [0.25, 0.3) is 0 Å². The van der Waals surface area contributed by atoms with E-state index < -0.39 is 11.8 Å². The zero-order chi connectivity index (χ0) is 14.7. The quantitative estimate of drug-likeness (QED) is 0.796. The first-order valence-corrected chi connectivity index (χ1v) is 6.69. The fourth-order valence-electron chi connectivity index (χ4n) is 1.98. The lowest BCUT2D eigenvalue weighted by Crippen LogP contribution is -2.35. The number of halogens is 1. The molecule has 1 heterocycles. The molecule has 108 valence electrons. The predicted molar refractivity (Wildman–Crippen MR) is 75.3 cm³/mol. The van der Waals surface area contributed by atoms with Crippen LogP contribution in [0.4, 0.5) is 20.6 Å². The fourth-order valence-corrected chi connectivity index (χ4v) is 1.98. The van der Waals surface area contributed by atoms with Crippen molar-refractivity contribution >= 4 is 23.3 Å². The molecule has 3 amide bonds. The number of aryl methyl sites for hydroxylation is 1. The standard InChI is InChI=1S/C14H18FN3O2/c1-3-8(2)16-14(20)18-12-6-9-4-5-13(19)17-11(9)7-10(12)15/h6-8H,3-5H2,1-2H3,(H,17,19)(H2,16,18,20)/t8-/m1/s1. The Balaban J connectivity index is 2.13. The van der Waals surface area contributed by atoms with Gasteiger partial charge in [0.2, 0.25) is 5.91 Å². The zero-order valence-corrected chi connectivity index (χ0v) is 11.5. The van der Waals surface area contributed by atoms with E-state index in [0.29, 0.717) is 18.5 Å². The van der Waals surface area contributed by atoms with Crippen molar-refractivity contribution in [3.8, 4) is 0 Å². The summed E-state index contributed by atoms with van der Waals surface area (Å²) in [5.74, 6) is -0.683. The zero-order valence-electron chi connectivity index (χ0n) is 11.5. The van der Waals surface area contributed by atoms with Crippen LogP contribution in [-0.2, 0) is 11.2 Å². The third kappa shape index (κ3) is 3.26. The summed E-state index contributed by atoms with van der Waals surface area (Å²) in [7, 11) is 0. The highest BCUT2D eigenvalue weighted by molar-refractivity contribution is 5.95. The number of rotatable bonds is 3. The van der Waals surface area contributed by atoms with Crippen LogP contribution in [0.15, 0.2) is 12.1 Å². The number of anilines is 2. The highest BCUT2D eigenvalue weighted by Crippen LogP contribution is 2.28. The summed E-state index contributed by atoms with van der Waals surface area (Å²) >= 11 is 0. The maximum atomic E-state index is 13.9. The van der Waals surface area contributed by atoms with Crippen molar-refractivity contribution in [2.75, 3.05) is 10.6 Å². The van der Waals surface area contributed by atoms with Gasteiger partial charge in [0.1, 0.15) is 5.82 Å². The van der Waals surface area contributed by atoms with E-state index in [1.54, 1.807) is 6.07 Å². The maximum Gasteiger partial charge on any atom is 0.319 e. The molecule has 6 heteroatoms. The van der Waals surface area contributed by atoms with Gasteiger partial charge in [-0.05, 0) is 37.5 Å². The van der Waals surface area contributed by atoms with Crippen LogP contribution in [0.1, 0.15) is 32.3 Å². The van der Waals surface area contributed by atoms with Gasteiger partial charge in [-0.3, -0.25) is 4.79 Å². The van der Waals surface area contributed by atoms with Gasteiger partial charge in [-0.15, -0.1) is 0 Å². The van der Waals surface area contributed by atoms with Gasteiger partial charge in [-0.2, -0.15) is 0 Å². The Morgan fingerprint density at radius 2 is 2.20 bits per heavy atom. The molecular weight excluding hydrogens is 261 g/mol. The summed E-state index contributed by atoms with van der Waals surface area (Å²) in [6.07, 6.45) is 1.71. The minimum atomic E-state index is -0.565. The van der Waals surface area contributed by atoms with E-state index in [0.717, 1.165) is 12.0 Å². The van der Waals surface area contributed by atoms with Crippen LogP contribution in [0.5, 0.6) is 0 Å². The highest BCUT2D eigenvalue weighted by atomic mass is 19.1. The van der Waals surface area contributed by atoms with Crippen molar-refractivity contribution < 1.29 is 14.0 Å². The average molecular weight is 279 g/mol. The minimum Gasteiger partial charge on any atom is -0.335 e. The first-order chi connectivity index (χ1) is 9.49. The summed E-state index contributed by atoms with van der Waals surface area (Å²) in [5, 5.41) is 7.82. The molecule has 0 unspecified atom stereocenters. The number of carbonyl (C=O) groups excluding carboxylic acids is 2. The molecule has 0 bridgehead atoms. The number of hydrogen-bond acceptors (Lipinski definition) is 2. The highest BCUT2D eigenvalue weighted by Gasteiger charge is 2.18. The summed E-state index contributed by atoms with van der Waals surface area (Å²) in [6, 6.07) is 2.40. The van der Waals surface area contributed by atoms with Crippen molar-refractivity contribution in [2.45, 2.75) is 39.2 Å². The van der Waals surface area contributed by atoms with E-state index in [4.69, 9.17) is 0 Å². The number of carbonyl (C=O) groups is 2. The van der Waals surface area contributed by atoms with Gasteiger partial charge < -0.3 is 16.0 Å². The van der Waals surface area contributed by atoms with E-state index in [1.165, 1.54) is 6.07 Å². The smallest absolute Gasteiger partial charge is 0.319 e. The third-order valence-corrected chi connectivity index (χ3v) is 3.33. The lowest BCUT2D eigenvalue weighted by molar-refractivity contribution is -0.116. The van der Waals surface area contributed by atoms with Gasteiger partial charge in [0.25, 0.3) is 0 Å². The Kier molecular flexibility index (Phi) is 4.22. The van der Waals surface area contributed by atoms with Crippen LogP contribution in [0.2, 0.25) is 0 Å². The lowest BCUT2D eigenvalue weighted by atomic mass is 10.0. The van der Waals surface area contributed by atoms with Crippen molar-refractivity contribution in [2.24, 2.45) is 0 Å². The van der Waals surface area contributed by atoms with E-state index >= 15 is 0 Å². The van der Waals surface area contributed by atoms with Gasteiger partial charge >= 0.3 is 6.03 Å². The van der Waals surface area contributed by atoms with Gasteiger partial charge in [-0.25, -0.2) is 9.18 Å². The third-order valence-electron chi connectivity index (χ3n) is 3.33. The number of fused-ring (bicyclic) bond motifs is 1. The average Bonchev–Trinajstić information content (AvgIpc) is 2.39. The summed E-state index contributed by atoms with van der Waals surface area (Å²) < 4.78 is 13.9. The number of amides is 3. The molecule has 20 heavy (non-hydrogen) atoms. The monoisotopic (exact) mass is 279 g/mol. The Labute approximate surface area is 116 Å². The van der Waals surface area contributed by atoms with Gasteiger partial charge in [0.05, 0.1) is 5.69 Å². The first kappa shape index (κ1) is 14.3. The molecule has 0 fully saturated rings. The summed E-state index contributed by atoms with van der Waals surface area (Å²) in [4.78, 5) is 22.9. The normalized spacial score (nSPS) is 15.1. The second-order valence-electron chi connectivity index (χ2n) is 4.95. The maximum absolute atomic E-state index is 13.9. The molecule has 0 radical (unpaired) electrons. The Morgan fingerprint density at radius 3 is 2.90 bits per heavy atom. The topological polar surface area (TPSA) is 70.2 Å². The van der Waals surface area contributed by atoms with E-state index in [1.807, 2.05) is 13.8 Å².